The van der Waals surface area contributed by atoms with Crippen LogP contribution in [0.4, 0.5) is 0 Å². The van der Waals surface area contributed by atoms with Crippen molar-refractivity contribution in [3.8, 4) is 5.75 Å². The molecular formula is C13H12Br2O2S. The Labute approximate surface area is 127 Å². The number of hydrogen-bond acceptors (Lipinski definition) is 3. The van der Waals surface area contributed by atoms with E-state index >= 15 is 0 Å². The number of aliphatic hydroxyl groups is 1. The molecule has 5 heteroatoms. The average Bonchev–Trinajstić information content (AvgIpc) is 2.78. The van der Waals surface area contributed by atoms with Crippen molar-refractivity contribution in [2.75, 3.05) is 6.61 Å². The lowest BCUT2D eigenvalue weighted by Gasteiger charge is -2.12. The monoisotopic (exact) mass is 390 g/mol. The van der Waals surface area contributed by atoms with Crippen LogP contribution in [0.1, 0.15) is 24.2 Å². The predicted octanol–water partition coefficient (Wildman–Crippen LogP) is 4.75. The molecule has 0 bridgehead atoms. The van der Waals surface area contributed by atoms with Crippen molar-refractivity contribution in [3.63, 3.8) is 0 Å². The summed E-state index contributed by atoms with van der Waals surface area (Å²) in [6, 6.07) is 7.57. The van der Waals surface area contributed by atoms with Gasteiger partial charge in [-0.3, -0.25) is 0 Å². The summed E-state index contributed by atoms with van der Waals surface area (Å²) in [4.78, 5) is 0. The maximum Gasteiger partial charge on any atom is 0.133 e. The zero-order valence-electron chi connectivity index (χ0n) is 9.69. The van der Waals surface area contributed by atoms with E-state index in [0.29, 0.717) is 6.61 Å². The standard InChI is InChI=1S/C13H12Br2O2S/c1-2-17-11-4-3-8(5-10(11)14)13(16)9-6-12(15)18-7-9/h3-7,13,16H,2H2,1H3. The molecular weight excluding hydrogens is 380 g/mol. The maximum absolute atomic E-state index is 10.3. The predicted molar refractivity (Wildman–Crippen MR) is 81.4 cm³/mol. The molecule has 0 spiro atoms. The van der Waals surface area contributed by atoms with E-state index in [9.17, 15) is 5.11 Å². The average molecular weight is 392 g/mol. The Morgan fingerprint density at radius 1 is 1.28 bits per heavy atom. The van der Waals surface area contributed by atoms with Gasteiger partial charge in [-0.2, -0.15) is 0 Å². The van der Waals surface area contributed by atoms with Crippen LogP contribution in [0.25, 0.3) is 0 Å². The summed E-state index contributed by atoms with van der Waals surface area (Å²) < 4.78 is 7.32. The van der Waals surface area contributed by atoms with Gasteiger partial charge in [0.2, 0.25) is 0 Å². The fraction of sp³-hybridized carbons (Fsp3) is 0.231. The third-order valence-corrected chi connectivity index (χ3v) is 4.62. The Hall–Kier alpha value is -0.360. The van der Waals surface area contributed by atoms with Crippen LogP contribution < -0.4 is 4.74 Å². The number of aliphatic hydroxyl groups excluding tert-OH is 1. The van der Waals surface area contributed by atoms with E-state index in [1.54, 1.807) is 11.3 Å². The molecule has 0 fully saturated rings. The second-order valence-electron chi connectivity index (χ2n) is 3.71. The number of ether oxygens (including phenoxy) is 1. The van der Waals surface area contributed by atoms with E-state index in [1.165, 1.54) is 0 Å². The van der Waals surface area contributed by atoms with Crippen molar-refractivity contribution in [1.29, 1.82) is 0 Å². The molecule has 0 saturated heterocycles. The van der Waals surface area contributed by atoms with Gasteiger partial charge in [0, 0.05) is 0 Å². The molecule has 2 rings (SSSR count). The van der Waals surface area contributed by atoms with Crippen LogP contribution in [0.5, 0.6) is 5.75 Å². The molecule has 0 amide bonds. The van der Waals surface area contributed by atoms with Crippen LogP contribution in [0, 0.1) is 0 Å². The van der Waals surface area contributed by atoms with Crippen molar-refractivity contribution in [1.82, 2.24) is 0 Å². The van der Waals surface area contributed by atoms with Gasteiger partial charge in [-0.05, 0) is 73.5 Å². The van der Waals surface area contributed by atoms with Crippen molar-refractivity contribution in [2.45, 2.75) is 13.0 Å². The van der Waals surface area contributed by atoms with Crippen LogP contribution in [-0.4, -0.2) is 11.7 Å². The molecule has 1 aromatic carbocycles. The molecule has 0 aliphatic rings. The Morgan fingerprint density at radius 3 is 2.61 bits per heavy atom. The first-order valence-corrected chi connectivity index (χ1v) is 7.92. The van der Waals surface area contributed by atoms with Gasteiger partial charge in [0.05, 0.1) is 14.9 Å². The zero-order valence-corrected chi connectivity index (χ0v) is 13.7. The molecule has 1 aromatic heterocycles. The van der Waals surface area contributed by atoms with Gasteiger partial charge in [0.25, 0.3) is 0 Å². The molecule has 0 aliphatic carbocycles. The minimum Gasteiger partial charge on any atom is -0.493 e. The second kappa shape index (κ2) is 6.19. The first-order chi connectivity index (χ1) is 8.61. The highest BCUT2D eigenvalue weighted by atomic mass is 79.9. The van der Waals surface area contributed by atoms with E-state index < -0.39 is 6.10 Å². The molecule has 18 heavy (non-hydrogen) atoms. The van der Waals surface area contributed by atoms with Gasteiger partial charge in [0.1, 0.15) is 11.9 Å². The molecule has 1 atom stereocenters. The molecule has 1 heterocycles. The molecule has 1 N–H and O–H groups in total. The molecule has 0 radical (unpaired) electrons. The van der Waals surface area contributed by atoms with Crippen molar-refractivity contribution >= 4 is 43.2 Å². The fourth-order valence-corrected chi connectivity index (χ4v) is 3.32. The topological polar surface area (TPSA) is 29.5 Å². The van der Waals surface area contributed by atoms with E-state index in [0.717, 1.165) is 25.1 Å². The fourth-order valence-electron chi connectivity index (χ4n) is 1.62. The van der Waals surface area contributed by atoms with Crippen LogP contribution >= 0.6 is 43.2 Å². The number of rotatable bonds is 4. The first kappa shape index (κ1) is 14.1. The lowest BCUT2D eigenvalue weighted by molar-refractivity contribution is 0.220. The highest BCUT2D eigenvalue weighted by Crippen LogP contribution is 2.33. The summed E-state index contributed by atoms with van der Waals surface area (Å²) in [5.41, 5.74) is 1.73. The summed E-state index contributed by atoms with van der Waals surface area (Å²) in [5.74, 6) is 0.792. The zero-order chi connectivity index (χ0) is 13.1. The second-order valence-corrected chi connectivity index (χ2v) is 6.85. The van der Waals surface area contributed by atoms with E-state index in [4.69, 9.17) is 4.74 Å². The van der Waals surface area contributed by atoms with Crippen LogP contribution in [0.15, 0.2) is 37.9 Å². The third kappa shape index (κ3) is 3.15. The smallest absolute Gasteiger partial charge is 0.133 e. The van der Waals surface area contributed by atoms with Gasteiger partial charge < -0.3 is 9.84 Å². The lowest BCUT2D eigenvalue weighted by Crippen LogP contribution is -1.99. The SMILES string of the molecule is CCOc1ccc(C(O)c2csc(Br)c2)cc1Br. The van der Waals surface area contributed by atoms with Crippen LogP contribution in [0.3, 0.4) is 0 Å². The van der Waals surface area contributed by atoms with E-state index in [2.05, 4.69) is 31.9 Å². The highest BCUT2D eigenvalue weighted by Gasteiger charge is 2.13. The first-order valence-electron chi connectivity index (χ1n) is 5.46. The largest absolute Gasteiger partial charge is 0.493 e. The molecule has 96 valence electrons. The Kier molecular flexibility index (Phi) is 4.84. The summed E-state index contributed by atoms with van der Waals surface area (Å²) >= 11 is 8.41. The number of benzene rings is 1. The Morgan fingerprint density at radius 2 is 2.06 bits per heavy atom. The third-order valence-electron chi connectivity index (χ3n) is 2.47. The normalized spacial score (nSPS) is 12.4. The van der Waals surface area contributed by atoms with Gasteiger partial charge in [-0.25, -0.2) is 0 Å². The number of hydrogen-bond donors (Lipinski definition) is 1. The molecule has 2 aromatic rings. The van der Waals surface area contributed by atoms with Crippen LogP contribution in [-0.2, 0) is 0 Å². The molecule has 1 unspecified atom stereocenters. The quantitative estimate of drug-likeness (QED) is 0.814. The molecule has 0 aliphatic heterocycles. The highest BCUT2D eigenvalue weighted by molar-refractivity contribution is 9.11. The maximum atomic E-state index is 10.3. The van der Waals surface area contributed by atoms with Crippen molar-refractivity contribution in [2.24, 2.45) is 0 Å². The summed E-state index contributed by atoms with van der Waals surface area (Å²) in [5, 5.41) is 12.2. The molecule has 2 nitrogen and oxygen atoms in total. The summed E-state index contributed by atoms with van der Waals surface area (Å²) in [6.07, 6.45) is -0.612. The van der Waals surface area contributed by atoms with Gasteiger partial charge >= 0.3 is 0 Å². The molecule has 0 saturated carbocycles. The summed E-state index contributed by atoms with van der Waals surface area (Å²) in [6.45, 7) is 2.57. The minimum atomic E-state index is -0.612. The van der Waals surface area contributed by atoms with Gasteiger partial charge in [-0.1, -0.05) is 6.07 Å². The van der Waals surface area contributed by atoms with Crippen LogP contribution in [0.2, 0.25) is 0 Å². The van der Waals surface area contributed by atoms with Crippen molar-refractivity contribution in [3.05, 3.63) is 49.0 Å². The number of thiophene rings is 1. The Bertz CT molecular complexity index is 540. The van der Waals surface area contributed by atoms with Gasteiger partial charge in [-0.15, -0.1) is 11.3 Å². The van der Waals surface area contributed by atoms with E-state index in [-0.39, 0.29) is 0 Å². The summed E-state index contributed by atoms with van der Waals surface area (Å²) in [7, 11) is 0. The number of halogens is 2. The van der Waals surface area contributed by atoms with E-state index in [1.807, 2.05) is 36.6 Å². The van der Waals surface area contributed by atoms with Crippen molar-refractivity contribution < 1.29 is 9.84 Å². The lowest BCUT2D eigenvalue weighted by atomic mass is 10.0. The Balaban J connectivity index is 2.26. The van der Waals surface area contributed by atoms with Gasteiger partial charge in [0.15, 0.2) is 0 Å². The minimum absolute atomic E-state index is 0.612.